The molecule has 0 atom stereocenters. The predicted octanol–water partition coefficient (Wildman–Crippen LogP) is 2.05. The summed E-state index contributed by atoms with van der Waals surface area (Å²) in [6.07, 6.45) is 8.06. The van der Waals surface area contributed by atoms with Crippen LogP contribution in [0.25, 0.3) is 0 Å². The molecule has 2 aliphatic carbocycles. The Balaban J connectivity index is 1.49. The van der Waals surface area contributed by atoms with Crippen LogP contribution in [0.3, 0.4) is 0 Å². The second kappa shape index (κ2) is 8.20. The summed E-state index contributed by atoms with van der Waals surface area (Å²) < 4.78 is 1.85. The van der Waals surface area contributed by atoms with Crippen molar-refractivity contribution in [1.82, 2.24) is 20.0 Å². The number of carboxylic acids is 1. The van der Waals surface area contributed by atoms with E-state index in [9.17, 15) is 9.59 Å². The van der Waals surface area contributed by atoms with Gasteiger partial charge >= 0.3 is 5.97 Å². The number of nitrogens with one attached hydrogen (secondary N) is 1. The second-order valence-electron chi connectivity index (χ2n) is 7.81. The molecule has 0 aromatic carbocycles. The van der Waals surface area contributed by atoms with E-state index in [0.29, 0.717) is 11.5 Å². The molecule has 0 bridgehead atoms. The van der Waals surface area contributed by atoms with Crippen molar-refractivity contribution in [2.24, 2.45) is 5.92 Å². The van der Waals surface area contributed by atoms with Crippen molar-refractivity contribution >= 4 is 11.9 Å². The summed E-state index contributed by atoms with van der Waals surface area (Å²) in [6, 6.07) is 0.395. The maximum Gasteiger partial charge on any atom is 0.317 e. The Labute approximate surface area is 154 Å². The maximum atomic E-state index is 12.5. The van der Waals surface area contributed by atoms with Crippen LogP contribution in [0.2, 0.25) is 0 Å². The Kier molecular flexibility index (Phi) is 5.96. The lowest BCUT2D eigenvalue weighted by molar-refractivity contribution is -0.139. The SMILES string of the molecule is CCCCn1cc(C(=O)NC2CC(N(CC(=O)O)CC3CC3)C2)c(C)n1. The minimum atomic E-state index is -0.770. The molecule has 3 rings (SSSR count). The van der Waals surface area contributed by atoms with Gasteiger partial charge < -0.3 is 10.4 Å². The number of carboxylic acid groups (broad SMARTS) is 1. The Morgan fingerprint density at radius 1 is 1.38 bits per heavy atom. The van der Waals surface area contributed by atoms with Gasteiger partial charge in [-0.3, -0.25) is 19.2 Å². The molecule has 0 spiro atoms. The van der Waals surface area contributed by atoms with Crippen molar-refractivity contribution in [3.63, 3.8) is 0 Å². The molecule has 1 heterocycles. The van der Waals surface area contributed by atoms with Crippen molar-refractivity contribution in [3.8, 4) is 0 Å². The first-order valence-electron chi connectivity index (χ1n) is 9.77. The van der Waals surface area contributed by atoms with Gasteiger partial charge in [-0.25, -0.2) is 0 Å². The molecule has 0 aliphatic heterocycles. The highest BCUT2D eigenvalue weighted by Gasteiger charge is 2.38. The first-order chi connectivity index (χ1) is 12.5. The smallest absolute Gasteiger partial charge is 0.317 e. The number of hydrogen-bond acceptors (Lipinski definition) is 4. The highest BCUT2D eigenvalue weighted by Crippen LogP contribution is 2.33. The monoisotopic (exact) mass is 362 g/mol. The van der Waals surface area contributed by atoms with Crippen molar-refractivity contribution < 1.29 is 14.7 Å². The van der Waals surface area contributed by atoms with E-state index in [1.807, 2.05) is 17.8 Å². The van der Waals surface area contributed by atoms with E-state index in [0.717, 1.165) is 44.5 Å². The van der Waals surface area contributed by atoms with Crippen LogP contribution in [-0.2, 0) is 11.3 Å². The van der Waals surface area contributed by atoms with Crippen LogP contribution in [0.4, 0.5) is 0 Å². The number of amides is 1. The van der Waals surface area contributed by atoms with Crippen molar-refractivity contribution in [1.29, 1.82) is 0 Å². The lowest BCUT2D eigenvalue weighted by Gasteiger charge is -2.42. The third-order valence-corrected chi connectivity index (χ3v) is 5.42. The number of aromatic nitrogens is 2. The molecule has 0 radical (unpaired) electrons. The first-order valence-corrected chi connectivity index (χ1v) is 9.77. The molecule has 7 nitrogen and oxygen atoms in total. The van der Waals surface area contributed by atoms with Gasteiger partial charge in [0.25, 0.3) is 5.91 Å². The molecule has 1 aromatic rings. The molecule has 2 aliphatic rings. The van der Waals surface area contributed by atoms with Crippen molar-refractivity contribution in [3.05, 3.63) is 17.5 Å². The average Bonchev–Trinajstić information content (AvgIpc) is 3.27. The quantitative estimate of drug-likeness (QED) is 0.665. The van der Waals surface area contributed by atoms with E-state index in [1.165, 1.54) is 12.8 Å². The third-order valence-electron chi connectivity index (χ3n) is 5.42. The molecule has 1 aromatic heterocycles. The number of rotatable bonds is 10. The molecule has 2 N–H and O–H groups in total. The molecular formula is C19H30N4O3. The van der Waals surface area contributed by atoms with Gasteiger partial charge in [-0.05, 0) is 44.9 Å². The number of aryl methyl sites for hydroxylation is 2. The normalized spacial score (nSPS) is 22.3. The number of carbonyl (C=O) groups is 2. The Hall–Kier alpha value is -1.89. The Bertz CT molecular complexity index is 647. The van der Waals surface area contributed by atoms with Crippen LogP contribution < -0.4 is 5.32 Å². The van der Waals surface area contributed by atoms with Gasteiger partial charge in [-0.1, -0.05) is 13.3 Å². The van der Waals surface area contributed by atoms with E-state index < -0.39 is 5.97 Å². The number of nitrogens with zero attached hydrogens (tertiary/aromatic N) is 3. The summed E-state index contributed by atoms with van der Waals surface area (Å²) in [6.45, 7) is 5.81. The lowest BCUT2D eigenvalue weighted by Crippen LogP contribution is -2.55. The van der Waals surface area contributed by atoms with Crippen LogP contribution in [0.5, 0.6) is 0 Å². The van der Waals surface area contributed by atoms with Crippen LogP contribution in [0.15, 0.2) is 6.20 Å². The molecule has 0 unspecified atom stereocenters. The van der Waals surface area contributed by atoms with E-state index in [2.05, 4.69) is 22.2 Å². The van der Waals surface area contributed by atoms with Crippen LogP contribution in [-0.4, -0.2) is 56.8 Å². The molecule has 26 heavy (non-hydrogen) atoms. The fraction of sp³-hybridized carbons (Fsp3) is 0.737. The third kappa shape index (κ3) is 4.84. The largest absolute Gasteiger partial charge is 0.480 e. The van der Waals surface area contributed by atoms with Gasteiger partial charge in [0.15, 0.2) is 0 Å². The summed E-state index contributed by atoms with van der Waals surface area (Å²) in [5.41, 5.74) is 1.40. The van der Waals surface area contributed by atoms with E-state index in [-0.39, 0.29) is 24.5 Å². The fourth-order valence-electron chi connectivity index (χ4n) is 3.59. The number of unbranched alkanes of at least 4 members (excludes halogenated alkanes) is 1. The summed E-state index contributed by atoms with van der Waals surface area (Å²) >= 11 is 0. The summed E-state index contributed by atoms with van der Waals surface area (Å²) in [5.74, 6) is -0.173. The molecule has 2 fully saturated rings. The number of aliphatic carboxylic acids is 1. The van der Waals surface area contributed by atoms with Crippen molar-refractivity contribution in [2.45, 2.75) is 71.0 Å². The average molecular weight is 362 g/mol. The zero-order valence-electron chi connectivity index (χ0n) is 15.8. The predicted molar refractivity (Wildman–Crippen MR) is 98.1 cm³/mol. The summed E-state index contributed by atoms with van der Waals surface area (Å²) in [7, 11) is 0. The van der Waals surface area contributed by atoms with Crippen LogP contribution in [0.1, 0.15) is 61.5 Å². The Morgan fingerprint density at radius 2 is 2.12 bits per heavy atom. The number of carbonyl (C=O) groups excluding carboxylic acids is 1. The van der Waals surface area contributed by atoms with E-state index in [1.54, 1.807) is 0 Å². The van der Waals surface area contributed by atoms with Gasteiger partial charge in [-0.15, -0.1) is 0 Å². The van der Waals surface area contributed by atoms with Crippen LogP contribution >= 0.6 is 0 Å². The highest BCUT2D eigenvalue weighted by molar-refractivity contribution is 5.95. The fourth-order valence-corrected chi connectivity index (χ4v) is 3.59. The second-order valence-corrected chi connectivity index (χ2v) is 7.81. The zero-order chi connectivity index (χ0) is 18.7. The van der Waals surface area contributed by atoms with Crippen LogP contribution in [0, 0.1) is 12.8 Å². The molecular weight excluding hydrogens is 332 g/mol. The molecule has 0 saturated heterocycles. The standard InChI is InChI=1S/C19H30N4O3/c1-3-4-7-23-11-17(13(2)21-23)19(26)20-15-8-16(9-15)22(12-18(24)25)10-14-5-6-14/h11,14-16H,3-10,12H2,1-2H3,(H,20,26)(H,24,25). The van der Waals surface area contributed by atoms with Crippen molar-refractivity contribution in [2.75, 3.05) is 13.1 Å². The Morgan fingerprint density at radius 3 is 2.73 bits per heavy atom. The molecule has 144 valence electrons. The molecule has 2 saturated carbocycles. The summed E-state index contributed by atoms with van der Waals surface area (Å²) in [4.78, 5) is 25.7. The van der Waals surface area contributed by atoms with Gasteiger partial charge in [-0.2, -0.15) is 5.10 Å². The maximum absolute atomic E-state index is 12.5. The minimum Gasteiger partial charge on any atom is -0.480 e. The van der Waals surface area contributed by atoms with E-state index in [4.69, 9.17) is 5.11 Å². The molecule has 7 heteroatoms. The summed E-state index contributed by atoms with van der Waals surface area (Å²) in [5, 5.41) is 16.6. The highest BCUT2D eigenvalue weighted by atomic mass is 16.4. The van der Waals surface area contributed by atoms with E-state index >= 15 is 0 Å². The first kappa shape index (κ1) is 18.9. The number of hydrogen-bond donors (Lipinski definition) is 2. The minimum absolute atomic E-state index is 0.0688. The lowest BCUT2D eigenvalue weighted by atomic mass is 9.85. The van der Waals surface area contributed by atoms with Gasteiger partial charge in [0.2, 0.25) is 0 Å². The topological polar surface area (TPSA) is 87.5 Å². The van der Waals surface area contributed by atoms with Gasteiger partial charge in [0, 0.05) is 31.4 Å². The zero-order valence-corrected chi connectivity index (χ0v) is 15.8. The molecule has 1 amide bonds. The van der Waals surface area contributed by atoms with Gasteiger partial charge in [0.05, 0.1) is 17.8 Å². The van der Waals surface area contributed by atoms with Gasteiger partial charge in [0.1, 0.15) is 0 Å².